The second-order valence-electron chi connectivity index (χ2n) is 5.86. The third kappa shape index (κ3) is 1.39. The molecule has 0 amide bonds. The van der Waals surface area contributed by atoms with E-state index in [2.05, 4.69) is 24.3 Å². The van der Waals surface area contributed by atoms with Crippen molar-refractivity contribution < 1.29 is 10.2 Å². The summed E-state index contributed by atoms with van der Waals surface area (Å²) in [4.78, 5) is 4.76. The molecule has 0 saturated heterocycles. The molecule has 0 fully saturated rings. The number of rotatable bonds is 0. The van der Waals surface area contributed by atoms with E-state index in [0.717, 1.165) is 28.1 Å². The van der Waals surface area contributed by atoms with Gasteiger partial charge in [0.15, 0.2) is 0 Å². The Balaban J connectivity index is 1.88. The average molecular weight is 287 g/mol. The molecule has 2 N–H and O–H groups in total. The normalized spacial score (nSPS) is 21.0. The molecule has 2 aliphatic rings. The lowest BCUT2D eigenvalue weighted by atomic mass is 9.93. The first-order valence-electron chi connectivity index (χ1n) is 7.36. The Hall–Kier alpha value is -2.49. The Morgan fingerprint density at radius 3 is 2.50 bits per heavy atom. The van der Waals surface area contributed by atoms with E-state index in [1.165, 1.54) is 10.8 Å². The number of aromatic nitrogens is 1. The van der Waals surface area contributed by atoms with Gasteiger partial charge in [-0.3, -0.25) is 0 Å². The van der Waals surface area contributed by atoms with Crippen molar-refractivity contribution in [3.63, 3.8) is 0 Å². The van der Waals surface area contributed by atoms with Crippen LogP contribution in [0.25, 0.3) is 39.2 Å². The Kier molecular flexibility index (Phi) is 2.22. The molecule has 2 atom stereocenters. The third-order valence-corrected chi connectivity index (χ3v) is 4.63. The topological polar surface area (TPSA) is 53.4 Å². The van der Waals surface area contributed by atoms with Crippen LogP contribution in [0.3, 0.4) is 0 Å². The second kappa shape index (κ2) is 4.03. The summed E-state index contributed by atoms with van der Waals surface area (Å²) in [5.74, 6) is 0. The minimum atomic E-state index is -0.916. The highest BCUT2D eigenvalue weighted by molar-refractivity contribution is 6.14. The van der Waals surface area contributed by atoms with Crippen molar-refractivity contribution in [2.45, 2.75) is 12.2 Å². The lowest BCUT2D eigenvalue weighted by molar-refractivity contribution is 0.0467. The van der Waals surface area contributed by atoms with Gasteiger partial charge >= 0.3 is 0 Å². The summed E-state index contributed by atoms with van der Waals surface area (Å²) < 4.78 is 0. The maximum Gasteiger partial charge on any atom is 0.111 e. The molecule has 3 heteroatoms. The van der Waals surface area contributed by atoms with Gasteiger partial charge in [0.2, 0.25) is 0 Å². The fourth-order valence-electron chi connectivity index (χ4n) is 3.57. The molecule has 22 heavy (non-hydrogen) atoms. The summed E-state index contributed by atoms with van der Waals surface area (Å²) in [6.07, 6.45) is 1.60. The predicted molar refractivity (Wildman–Crippen MR) is 86.2 cm³/mol. The van der Waals surface area contributed by atoms with Gasteiger partial charge in [-0.2, -0.15) is 0 Å². The number of aliphatic hydroxyl groups is 2. The molecule has 0 radical (unpaired) electrons. The van der Waals surface area contributed by atoms with Crippen LogP contribution in [0.15, 0.2) is 48.5 Å². The van der Waals surface area contributed by atoms with Crippen molar-refractivity contribution in [1.29, 1.82) is 0 Å². The van der Waals surface area contributed by atoms with Gasteiger partial charge in [0.05, 0.1) is 11.4 Å². The molecular formula is C19H13NO2. The number of hydrogen-bond donors (Lipinski definition) is 2. The smallest absolute Gasteiger partial charge is 0.111 e. The predicted octanol–water partition coefficient (Wildman–Crippen LogP) is 3.30. The highest BCUT2D eigenvalue weighted by Crippen LogP contribution is 2.47. The maximum atomic E-state index is 10.2. The molecule has 0 spiro atoms. The van der Waals surface area contributed by atoms with Crippen LogP contribution in [0.1, 0.15) is 17.4 Å². The van der Waals surface area contributed by atoms with Crippen LogP contribution in [-0.4, -0.2) is 21.3 Å². The molecule has 1 heterocycles. The van der Waals surface area contributed by atoms with Gasteiger partial charge in [-0.15, -0.1) is 0 Å². The monoisotopic (exact) mass is 287 g/mol. The summed E-state index contributed by atoms with van der Waals surface area (Å²) in [5.41, 5.74) is 5.71. The van der Waals surface area contributed by atoms with Gasteiger partial charge in [-0.05, 0) is 28.5 Å². The third-order valence-electron chi connectivity index (χ3n) is 4.63. The van der Waals surface area contributed by atoms with E-state index in [4.69, 9.17) is 4.98 Å². The summed E-state index contributed by atoms with van der Waals surface area (Å²) >= 11 is 0. The van der Waals surface area contributed by atoms with Gasteiger partial charge in [0.25, 0.3) is 0 Å². The molecule has 2 aliphatic carbocycles. The number of pyridine rings is 1. The number of hydrogen-bond acceptors (Lipinski definition) is 3. The molecule has 3 aromatic rings. The number of fused-ring (bicyclic) bond motifs is 4. The van der Waals surface area contributed by atoms with E-state index in [0.29, 0.717) is 5.56 Å². The zero-order valence-corrected chi connectivity index (χ0v) is 11.7. The molecular weight excluding hydrogens is 274 g/mol. The summed E-state index contributed by atoms with van der Waals surface area (Å²) in [5, 5.41) is 22.5. The Morgan fingerprint density at radius 1 is 0.909 bits per heavy atom. The number of benzene rings is 2. The van der Waals surface area contributed by atoms with Crippen LogP contribution >= 0.6 is 0 Å². The standard InChI is InChI=1S/C19H13NO2/c21-16-8-7-15-14(19(16)22)9-13-11-5-1-3-10-4-2-6-12(17(10)11)18(13)20-15/h1-9,16,19,21-22H/t16-,19-/m1/s1. The zero-order valence-electron chi connectivity index (χ0n) is 11.7. The molecule has 106 valence electrons. The first-order valence-corrected chi connectivity index (χ1v) is 7.36. The highest BCUT2D eigenvalue weighted by atomic mass is 16.3. The molecule has 0 unspecified atom stereocenters. The maximum absolute atomic E-state index is 10.2. The van der Waals surface area contributed by atoms with Crippen molar-refractivity contribution in [2.24, 2.45) is 0 Å². The van der Waals surface area contributed by atoms with Crippen molar-refractivity contribution in [2.75, 3.05) is 0 Å². The van der Waals surface area contributed by atoms with E-state index in [1.54, 1.807) is 12.2 Å². The largest absolute Gasteiger partial charge is 0.386 e. The SMILES string of the molecule is O[C@@H]1C=Cc2nc3c(cc2[C@H]1O)-c1cccc2cccc-3c12. The Morgan fingerprint density at radius 2 is 1.68 bits per heavy atom. The van der Waals surface area contributed by atoms with Gasteiger partial charge < -0.3 is 10.2 Å². The highest BCUT2D eigenvalue weighted by Gasteiger charge is 2.29. The summed E-state index contributed by atoms with van der Waals surface area (Å²) in [6.45, 7) is 0. The molecule has 5 rings (SSSR count). The van der Waals surface area contributed by atoms with E-state index >= 15 is 0 Å². The van der Waals surface area contributed by atoms with Crippen molar-refractivity contribution in [1.82, 2.24) is 4.98 Å². The zero-order chi connectivity index (χ0) is 14.8. The summed E-state index contributed by atoms with van der Waals surface area (Å²) in [7, 11) is 0. The fraction of sp³-hybridized carbons (Fsp3) is 0.105. The minimum absolute atomic E-state index is 0.693. The Bertz CT molecular complexity index is 969. The van der Waals surface area contributed by atoms with E-state index in [1.807, 2.05) is 18.2 Å². The van der Waals surface area contributed by atoms with Crippen LogP contribution in [0.5, 0.6) is 0 Å². The number of aliphatic hydroxyl groups excluding tert-OH is 2. The van der Waals surface area contributed by atoms with E-state index in [-0.39, 0.29) is 0 Å². The van der Waals surface area contributed by atoms with E-state index in [9.17, 15) is 10.2 Å². The first-order chi connectivity index (χ1) is 10.7. The van der Waals surface area contributed by atoms with Crippen molar-refractivity contribution in [3.8, 4) is 22.4 Å². The second-order valence-corrected chi connectivity index (χ2v) is 5.86. The van der Waals surface area contributed by atoms with Crippen LogP contribution in [0, 0.1) is 0 Å². The van der Waals surface area contributed by atoms with Crippen LogP contribution < -0.4 is 0 Å². The lowest BCUT2D eigenvalue weighted by Gasteiger charge is -2.22. The van der Waals surface area contributed by atoms with Gasteiger partial charge in [-0.1, -0.05) is 42.5 Å². The molecule has 3 nitrogen and oxygen atoms in total. The molecule has 2 aromatic carbocycles. The average Bonchev–Trinajstić information content (AvgIpc) is 2.86. The summed E-state index contributed by atoms with van der Waals surface area (Å²) in [6, 6.07) is 14.5. The quantitative estimate of drug-likeness (QED) is 0.522. The van der Waals surface area contributed by atoms with Gasteiger partial charge in [-0.25, -0.2) is 4.98 Å². The first kappa shape index (κ1) is 12.1. The number of nitrogens with zero attached hydrogens (tertiary/aromatic N) is 1. The van der Waals surface area contributed by atoms with Gasteiger partial charge in [0, 0.05) is 16.7 Å². The van der Waals surface area contributed by atoms with Crippen molar-refractivity contribution >= 4 is 16.8 Å². The fourth-order valence-corrected chi connectivity index (χ4v) is 3.57. The van der Waals surface area contributed by atoms with Gasteiger partial charge in [0.1, 0.15) is 12.2 Å². The molecule has 0 aliphatic heterocycles. The lowest BCUT2D eigenvalue weighted by Crippen LogP contribution is -2.20. The molecule has 1 aromatic heterocycles. The molecule has 0 saturated carbocycles. The van der Waals surface area contributed by atoms with Crippen LogP contribution in [0.4, 0.5) is 0 Å². The molecule has 0 bridgehead atoms. The minimum Gasteiger partial charge on any atom is -0.386 e. The Labute approximate surface area is 127 Å². The van der Waals surface area contributed by atoms with Crippen molar-refractivity contribution in [3.05, 3.63) is 59.8 Å². The van der Waals surface area contributed by atoms with Crippen LogP contribution in [-0.2, 0) is 0 Å². The van der Waals surface area contributed by atoms with E-state index < -0.39 is 12.2 Å². The van der Waals surface area contributed by atoms with Crippen LogP contribution in [0.2, 0.25) is 0 Å².